The fraction of sp³-hybridized carbons (Fsp3) is 0.276. The van der Waals surface area contributed by atoms with E-state index in [1.54, 1.807) is 24.3 Å². The van der Waals surface area contributed by atoms with Crippen LogP contribution in [0.15, 0.2) is 74.8 Å². The Morgan fingerprint density at radius 1 is 0.949 bits per heavy atom. The van der Waals surface area contributed by atoms with Crippen LogP contribution in [0.3, 0.4) is 0 Å². The molecule has 0 radical (unpaired) electrons. The van der Waals surface area contributed by atoms with Crippen molar-refractivity contribution in [2.75, 3.05) is 6.61 Å². The summed E-state index contributed by atoms with van der Waals surface area (Å²) < 4.78 is 17.3. The van der Waals surface area contributed by atoms with Gasteiger partial charge < -0.3 is 24.3 Å². The maximum atomic E-state index is 11.9. The van der Waals surface area contributed by atoms with Gasteiger partial charge in [-0.25, -0.2) is 4.79 Å². The number of benzene rings is 3. The van der Waals surface area contributed by atoms with Gasteiger partial charge in [-0.2, -0.15) is 0 Å². The summed E-state index contributed by atoms with van der Waals surface area (Å²) >= 11 is 0. The van der Waals surface area contributed by atoms with Gasteiger partial charge in [0, 0.05) is 12.6 Å². The molecule has 0 bridgehead atoms. The first kappa shape index (κ1) is 30.6. The average molecular weight is 556 g/mol. The Balaban J connectivity index is 0.00000420. The van der Waals surface area contributed by atoms with E-state index in [1.165, 1.54) is 0 Å². The molecule has 0 fully saturated rings. The monoisotopic (exact) mass is 555 g/mol. The van der Waals surface area contributed by atoms with Gasteiger partial charge in [-0.1, -0.05) is 30.3 Å². The molecule has 0 unspecified atom stereocenters. The fourth-order valence-electron chi connectivity index (χ4n) is 4.20. The van der Waals surface area contributed by atoms with Crippen LogP contribution < -0.4 is 82.6 Å². The molecule has 0 saturated heterocycles. The molecule has 3 aromatic carbocycles. The summed E-state index contributed by atoms with van der Waals surface area (Å²) in [5.41, 5.74) is 5.34. The molecular formula is C29H30KN3O6. The molecule has 1 amide bonds. The van der Waals surface area contributed by atoms with Gasteiger partial charge in [0.25, 0.3) is 5.91 Å². The average Bonchev–Trinajstić information content (AvgIpc) is 3.18. The zero-order chi connectivity index (χ0) is 27.2. The quantitative estimate of drug-likeness (QED) is 0.285. The number of hydrogen-bond acceptors (Lipinski definition) is 6. The number of rotatable bonds is 10. The third-order valence-electron chi connectivity index (χ3n) is 5.79. The van der Waals surface area contributed by atoms with Crippen LogP contribution in [0.4, 0.5) is 0 Å². The van der Waals surface area contributed by atoms with Crippen LogP contribution >= 0.6 is 0 Å². The van der Waals surface area contributed by atoms with Gasteiger partial charge in [0.1, 0.15) is 18.1 Å². The van der Waals surface area contributed by atoms with Crippen LogP contribution in [-0.4, -0.2) is 23.3 Å². The van der Waals surface area contributed by atoms with E-state index < -0.39 is 11.4 Å². The zero-order valence-corrected chi connectivity index (χ0v) is 25.9. The molecule has 0 saturated carbocycles. The van der Waals surface area contributed by atoms with Crippen LogP contribution in [0.25, 0.3) is 11.1 Å². The summed E-state index contributed by atoms with van der Waals surface area (Å²) in [5.74, 6) is 0.277. The standard InChI is InChI=1S/C29H31N3O6.K/c1-18(2)30-26(33)17-37-25-12-19(3)27(20(4)13-25)23-7-5-6-22(14-23)16-36-24-10-8-21(9-11-24)15-32-28(34)31-29(35)38-32;/h5-14,18H,15-17H2,1-4H3,(H2,30,31,33,34,35);/q;+1/p-1. The van der Waals surface area contributed by atoms with Gasteiger partial charge in [-0.3, -0.25) is 14.3 Å². The van der Waals surface area contributed by atoms with Crippen LogP contribution in [0, 0.1) is 13.8 Å². The summed E-state index contributed by atoms with van der Waals surface area (Å²) in [4.78, 5) is 37.7. The smallest absolute Gasteiger partial charge is 0.489 e. The second kappa shape index (κ2) is 13.9. The van der Waals surface area contributed by atoms with E-state index in [4.69, 9.17) is 14.0 Å². The molecule has 0 spiro atoms. The molecule has 0 aliphatic rings. The molecule has 0 aliphatic carbocycles. The Morgan fingerprint density at radius 3 is 2.26 bits per heavy atom. The van der Waals surface area contributed by atoms with E-state index in [1.807, 2.05) is 52.0 Å². The van der Waals surface area contributed by atoms with E-state index >= 15 is 0 Å². The molecule has 4 rings (SSSR count). The summed E-state index contributed by atoms with van der Waals surface area (Å²) in [5, 5.41) is 2.82. The minimum atomic E-state index is -0.905. The van der Waals surface area contributed by atoms with Crippen molar-refractivity contribution in [3.05, 3.63) is 104 Å². The third kappa shape index (κ3) is 8.54. The first-order valence-corrected chi connectivity index (χ1v) is 12.3. The summed E-state index contributed by atoms with van der Waals surface area (Å²) in [6.45, 7) is 8.34. The van der Waals surface area contributed by atoms with Crippen molar-refractivity contribution in [3.8, 4) is 22.6 Å². The minimum Gasteiger partial charge on any atom is -0.489 e. The van der Waals surface area contributed by atoms with Gasteiger partial charge in [0.15, 0.2) is 12.3 Å². The summed E-state index contributed by atoms with van der Waals surface area (Å²) in [7, 11) is 0. The predicted octanol–water partition coefficient (Wildman–Crippen LogP) is 0.577. The van der Waals surface area contributed by atoms with Crippen LogP contribution in [0.2, 0.25) is 0 Å². The summed E-state index contributed by atoms with van der Waals surface area (Å²) in [6, 6.07) is 19.3. The molecule has 1 aromatic heterocycles. The largest absolute Gasteiger partial charge is 1.00 e. The first-order chi connectivity index (χ1) is 18.2. The SMILES string of the molecule is Cc1cc(OCC(=O)NC(C)C)cc(C)c1-c1cccc(COc2ccc(Cn3oc(=O)[n-]c3=O)cc2)c1.[K+]. The molecule has 10 heteroatoms. The minimum absolute atomic E-state index is 0. The molecule has 1 N–H and O–H groups in total. The Hall–Kier alpha value is -2.89. The number of nitrogens with one attached hydrogen (secondary N) is 1. The Kier molecular flexibility index (Phi) is 11.0. The van der Waals surface area contributed by atoms with E-state index in [2.05, 4.69) is 22.4 Å². The Labute approximate surface area is 268 Å². The maximum Gasteiger partial charge on any atom is 1.00 e. The molecule has 0 aliphatic heterocycles. The van der Waals surface area contributed by atoms with Crippen LogP contribution in [0.5, 0.6) is 11.5 Å². The van der Waals surface area contributed by atoms with Crippen molar-refractivity contribution in [2.24, 2.45) is 0 Å². The molecule has 198 valence electrons. The molecule has 0 atom stereocenters. The number of ether oxygens (including phenoxy) is 2. The van der Waals surface area contributed by atoms with Crippen molar-refractivity contribution in [3.63, 3.8) is 0 Å². The Bertz CT molecular complexity index is 1510. The number of nitrogens with zero attached hydrogens (tertiary/aromatic N) is 2. The molecular weight excluding hydrogens is 525 g/mol. The van der Waals surface area contributed by atoms with Crippen molar-refractivity contribution < 1.29 is 70.2 Å². The van der Waals surface area contributed by atoms with Gasteiger partial charge >= 0.3 is 57.1 Å². The van der Waals surface area contributed by atoms with Crippen LogP contribution in [-0.2, 0) is 17.9 Å². The molecule has 4 aromatic rings. The number of amides is 1. The predicted molar refractivity (Wildman–Crippen MR) is 143 cm³/mol. The van der Waals surface area contributed by atoms with Crippen LogP contribution in [0.1, 0.15) is 36.1 Å². The van der Waals surface area contributed by atoms with Gasteiger partial charge in [-0.05, 0) is 91.4 Å². The molecule has 1 heterocycles. The van der Waals surface area contributed by atoms with Crippen molar-refractivity contribution in [1.29, 1.82) is 0 Å². The van der Waals surface area contributed by atoms with Gasteiger partial charge in [-0.15, -0.1) is 0 Å². The summed E-state index contributed by atoms with van der Waals surface area (Å²) in [6.07, 6.45) is 0. The number of aryl methyl sites for hydroxylation is 2. The van der Waals surface area contributed by atoms with E-state index in [0.717, 1.165) is 38.1 Å². The molecule has 39 heavy (non-hydrogen) atoms. The number of carbonyl (C=O) groups excluding carboxylic acids is 1. The topological polar surface area (TPSA) is 114 Å². The van der Waals surface area contributed by atoms with E-state index in [9.17, 15) is 14.4 Å². The van der Waals surface area contributed by atoms with Gasteiger partial charge in [0.2, 0.25) is 0 Å². The number of carbonyl (C=O) groups is 1. The Morgan fingerprint density at radius 2 is 1.64 bits per heavy atom. The van der Waals surface area contributed by atoms with E-state index in [-0.39, 0.29) is 76.5 Å². The normalized spacial score (nSPS) is 10.7. The van der Waals surface area contributed by atoms with Crippen molar-refractivity contribution in [1.82, 2.24) is 15.0 Å². The fourth-order valence-corrected chi connectivity index (χ4v) is 4.20. The first-order valence-electron chi connectivity index (χ1n) is 12.3. The van der Waals surface area contributed by atoms with E-state index in [0.29, 0.717) is 18.1 Å². The second-order valence-electron chi connectivity index (χ2n) is 9.36. The number of hydrogen-bond donors (Lipinski definition) is 1. The van der Waals surface area contributed by atoms with Crippen molar-refractivity contribution >= 4 is 5.91 Å². The number of aromatic nitrogens is 2. The molecule has 9 nitrogen and oxygen atoms in total. The third-order valence-corrected chi connectivity index (χ3v) is 5.79. The maximum absolute atomic E-state index is 11.9. The zero-order valence-electron chi connectivity index (χ0n) is 22.8. The second-order valence-corrected chi connectivity index (χ2v) is 9.36. The van der Waals surface area contributed by atoms with Crippen molar-refractivity contribution in [2.45, 2.75) is 46.9 Å². The van der Waals surface area contributed by atoms with Gasteiger partial charge in [0.05, 0.1) is 0 Å².